The van der Waals surface area contributed by atoms with Crippen LogP contribution in [-0.2, 0) is 4.79 Å². The highest BCUT2D eigenvalue weighted by Gasteiger charge is 2.00. The molecule has 0 heterocycles. The van der Waals surface area contributed by atoms with Crippen molar-refractivity contribution in [2.75, 3.05) is 11.9 Å². The average molecular weight is 210 g/mol. The number of rotatable bonds is 4. The lowest BCUT2D eigenvalue weighted by atomic mass is 10.4. The standard InChI is InChI=1S/C6H12BrNO2/c1-5(9)4-8-6(10)2-3-7/h5,9H,2-4H2,1H3,(H,8,10). The van der Waals surface area contributed by atoms with Gasteiger partial charge in [-0.1, -0.05) is 15.9 Å². The van der Waals surface area contributed by atoms with Crippen LogP contribution in [0.15, 0.2) is 0 Å². The molecule has 2 N–H and O–H groups in total. The van der Waals surface area contributed by atoms with Gasteiger partial charge in [0.25, 0.3) is 0 Å². The van der Waals surface area contributed by atoms with Crippen molar-refractivity contribution in [1.29, 1.82) is 0 Å². The molecule has 0 aromatic heterocycles. The number of halogens is 1. The Kier molecular flexibility index (Phi) is 5.63. The molecular formula is C6H12BrNO2. The molecule has 0 radical (unpaired) electrons. The molecule has 0 aromatic rings. The molecule has 0 saturated carbocycles. The van der Waals surface area contributed by atoms with E-state index >= 15 is 0 Å². The second kappa shape index (κ2) is 5.68. The fraction of sp³-hybridized carbons (Fsp3) is 0.833. The van der Waals surface area contributed by atoms with E-state index in [9.17, 15) is 4.79 Å². The molecule has 0 spiro atoms. The maximum absolute atomic E-state index is 10.7. The first-order valence-corrected chi connectivity index (χ1v) is 4.29. The van der Waals surface area contributed by atoms with Gasteiger partial charge in [-0.3, -0.25) is 4.79 Å². The predicted octanol–water partition coefficient (Wildman–Crippen LogP) is 0.268. The zero-order valence-electron chi connectivity index (χ0n) is 5.93. The minimum absolute atomic E-state index is 0.0298. The number of amides is 1. The number of aliphatic hydroxyl groups is 1. The summed E-state index contributed by atoms with van der Waals surface area (Å²) in [6.07, 6.45) is 0.00600. The second-order valence-electron chi connectivity index (χ2n) is 2.09. The Hall–Kier alpha value is -0.0900. The van der Waals surface area contributed by atoms with E-state index in [1.165, 1.54) is 0 Å². The van der Waals surface area contributed by atoms with Crippen LogP contribution >= 0.6 is 15.9 Å². The summed E-state index contributed by atoms with van der Waals surface area (Å²) in [4.78, 5) is 10.7. The Labute approximate surface area is 68.9 Å². The van der Waals surface area contributed by atoms with E-state index < -0.39 is 6.10 Å². The van der Waals surface area contributed by atoms with Gasteiger partial charge in [-0.25, -0.2) is 0 Å². The van der Waals surface area contributed by atoms with Crippen molar-refractivity contribution in [3.8, 4) is 0 Å². The Bertz CT molecular complexity index is 106. The highest BCUT2D eigenvalue weighted by atomic mass is 79.9. The smallest absolute Gasteiger partial charge is 0.220 e. The molecule has 1 atom stereocenters. The molecular weight excluding hydrogens is 198 g/mol. The van der Waals surface area contributed by atoms with Crippen molar-refractivity contribution < 1.29 is 9.90 Å². The van der Waals surface area contributed by atoms with Gasteiger partial charge in [0.05, 0.1) is 6.10 Å². The van der Waals surface area contributed by atoms with Crippen molar-refractivity contribution in [2.24, 2.45) is 0 Å². The van der Waals surface area contributed by atoms with E-state index in [-0.39, 0.29) is 5.91 Å². The van der Waals surface area contributed by atoms with Gasteiger partial charge in [0, 0.05) is 18.3 Å². The minimum atomic E-state index is -0.459. The molecule has 3 nitrogen and oxygen atoms in total. The number of carbonyl (C=O) groups is 1. The minimum Gasteiger partial charge on any atom is -0.392 e. The van der Waals surface area contributed by atoms with Crippen molar-refractivity contribution in [2.45, 2.75) is 19.4 Å². The summed E-state index contributed by atoms with van der Waals surface area (Å²) in [7, 11) is 0. The predicted molar refractivity (Wildman–Crippen MR) is 43.1 cm³/mol. The van der Waals surface area contributed by atoms with Crippen molar-refractivity contribution in [3.05, 3.63) is 0 Å². The number of aliphatic hydroxyl groups excluding tert-OH is 1. The summed E-state index contributed by atoms with van der Waals surface area (Å²) in [5, 5.41) is 12.0. The Morgan fingerprint density at radius 3 is 2.80 bits per heavy atom. The number of nitrogens with one attached hydrogen (secondary N) is 1. The summed E-state index contributed by atoms with van der Waals surface area (Å²) < 4.78 is 0. The molecule has 60 valence electrons. The van der Waals surface area contributed by atoms with Gasteiger partial charge in [0.2, 0.25) is 5.91 Å². The highest BCUT2D eigenvalue weighted by molar-refractivity contribution is 9.09. The third-order valence-corrected chi connectivity index (χ3v) is 1.31. The summed E-state index contributed by atoms with van der Waals surface area (Å²) in [5.41, 5.74) is 0. The number of hydrogen-bond donors (Lipinski definition) is 2. The normalized spacial score (nSPS) is 12.7. The third-order valence-electron chi connectivity index (χ3n) is 0.916. The van der Waals surface area contributed by atoms with Gasteiger partial charge >= 0.3 is 0 Å². The summed E-state index contributed by atoms with van der Waals surface area (Å²) >= 11 is 3.13. The Morgan fingerprint density at radius 1 is 1.80 bits per heavy atom. The first-order chi connectivity index (χ1) is 4.66. The molecule has 4 heteroatoms. The van der Waals surface area contributed by atoms with Gasteiger partial charge < -0.3 is 10.4 Å². The third kappa shape index (κ3) is 6.04. The van der Waals surface area contributed by atoms with Gasteiger partial charge in [-0.2, -0.15) is 0 Å². The van der Waals surface area contributed by atoms with Crippen molar-refractivity contribution in [1.82, 2.24) is 5.32 Å². The largest absolute Gasteiger partial charge is 0.392 e. The van der Waals surface area contributed by atoms with Gasteiger partial charge in [-0.05, 0) is 6.92 Å². The number of hydrogen-bond acceptors (Lipinski definition) is 2. The van der Waals surface area contributed by atoms with E-state index in [1.54, 1.807) is 6.92 Å². The molecule has 0 rings (SSSR count). The van der Waals surface area contributed by atoms with Crippen molar-refractivity contribution in [3.63, 3.8) is 0 Å². The van der Waals surface area contributed by atoms with Crippen LogP contribution in [0.5, 0.6) is 0 Å². The second-order valence-corrected chi connectivity index (χ2v) is 2.89. The lowest BCUT2D eigenvalue weighted by Crippen LogP contribution is -2.30. The average Bonchev–Trinajstić information content (AvgIpc) is 1.85. The van der Waals surface area contributed by atoms with Crippen LogP contribution in [0, 0.1) is 0 Å². The molecule has 0 aliphatic carbocycles. The monoisotopic (exact) mass is 209 g/mol. The van der Waals surface area contributed by atoms with Gasteiger partial charge in [0.1, 0.15) is 0 Å². The van der Waals surface area contributed by atoms with Crippen LogP contribution in [0.4, 0.5) is 0 Å². The maximum Gasteiger partial charge on any atom is 0.220 e. The van der Waals surface area contributed by atoms with E-state index in [2.05, 4.69) is 21.2 Å². The van der Waals surface area contributed by atoms with Crippen LogP contribution in [0.3, 0.4) is 0 Å². The molecule has 0 saturated heterocycles. The lowest BCUT2D eigenvalue weighted by molar-refractivity contribution is -0.121. The fourth-order valence-electron chi connectivity index (χ4n) is 0.436. The van der Waals surface area contributed by atoms with E-state index in [1.807, 2.05) is 0 Å². The molecule has 0 aromatic carbocycles. The summed E-state index contributed by atoms with van der Waals surface area (Å²) in [6.45, 7) is 1.97. The molecule has 0 aliphatic rings. The molecule has 0 fully saturated rings. The first-order valence-electron chi connectivity index (χ1n) is 3.17. The van der Waals surface area contributed by atoms with E-state index in [4.69, 9.17) is 5.11 Å². The van der Waals surface area contributed by atoms with Crippen LogP contribution < -0.4 is 5.32 Å². The number of carbonyl (C=O) groups excluding carboxylic acids is 1. The highest BCUT2D eigenvalue weighted by Crippen LogP contribution is 1.86. The zero-order chi connectivity index (χ0) is 7.98. The lowest BCUT2D eigenvalue weighted by Gasteiger charge is -2.04. The van der Waals surface area contributed by atoms with Crippen LogP contribution in [-0.4, -0.2) is 29.0 Å². The first kappa shape index (κ1) is 9.91. The van der Waals surface area contributed by atoms with Gasteiger partial charge in [0.15, 0.2) is 0 Å². The van der Waals surface area contributed by atoms with Crippen LogP contribution in [0.1, 0.15) is 13.3 Å². The van der Waals surface area contributed by atoms with E-state index in [0.717, 1.165) is 0 Å². The molecule has 1 unspecified atom stereocenters. The number of alkyl halides is 1. The fourth-order valence-corrected chi connectivity index (χ4v) is 0.796. The zero-order valence-corrected chi connectivity index (χ0v) is 7.52. The molecule has 1 amide bonds. The van der Waals surface area contributed by atoms with Crippen LogP contribution in [0.2, 0.25) is 0 Å². The van der Waals surface area contributed by atoms with Gasteiger partial charge in [-0.15, -0.1) is 0 Å². The SMILES string of the molecule is CC(O)CNC(=O)CCBr. The Morgan fingerprint density at radius 2 is 2.40 bits per heavy atom. The molecule has 0 bridgehead atoms. The quantitative estimate of drug-likeness (QED) is 0.654. The van der Waals surface area contributed by atoms with Crippen molar-refractivity contribution >= 4 is 21.8 Å². The topological polar surface area (TPSA) is 49.3 Å². The maximum atomic E-state index is 10.7. The summed E-state index contributed by atoms with van der Waals surface area (Å²) in [6, 6.07) is 0. The molecule has 10 heavy (non-hydrogen) atoms. The summed E-state index contributed by atoms with van der Waals surface area (Å²) in [5.74, 6) is -0.0298. The molecule has 0 aliphatic heterocycles. The van der Waals surface area contributed by atoms with E-state index in [0.29, 0.717) is 18.3 Å². The Balaban J connectivity index is 3.22. The van der Waals surface area contributed by atoms with Crippen LogP contribution in [0.25, 0.3) is 0 Å².